The van der Waals surface area contributed by atoms with E-state index < -0.39 is 5.97 Å². The van der Waals surface area contributed by atoms with Gasteiger partial charge in [-0.25, -0.2) is 9.78 Å². The maximum Gasteiger partial charge on any atom is 0.354 e. The quantitative estimate of drug-likeness (QED) is 0.861. The molecule has 2 rings (SSSR count). The molecule has 0 aliphatic heterocycles. The van der Waals surface area contributed by atoms with Gasteiger partial charge in [-0.15, -0.1) is 0 Å². The zero-order chi connectivity index (χ0) is 13.1. The molecule has 1 aromatic heterocycles. The van der Waals surface area contributed by atoms with Crippen LogP contribution in [0.2, 0.25) is 0 Å². The molecular weight excluding hydrogens is 236 g/mol. The van der Waals surface area contributed by atoms with Crippen molar-refractivity contribution in [2.24, 2.45) is 0 Å². The van der Waals surface area contributed by atoms with E-state index in [4.69, 9.17) is 14.6 Å². The van der Waals surface area contributed by atoms with Crippen LogP contribution in [0.4, 0.5) is 0 Å². The van der Waals surface area contributed by atoms with Crippen LogP contribution < -0.4 is 9.47 Å². The van der Waals surface area contributed by atoms with Crippen LogP contribution in [-0.4, -0.2) is 35.3 Å². The third-order valence-corrected chi connectivity index (χ3v) is 2.52. The first kappa shape index (κ1) is 12.0. The predicted octanol–water partition coefficient (Wildman–Crippen LogP) is 1.79. The van der Waals surface area contributed by atoms with E-state index >= 15 is 0 Å². The number of nitrogens with zero attached hydrogens (tertiary/aromatic N) is 1. The summed E-state index contributed by atoms with van der Waals surface area (Å²) in [6, 6.07) is 5.11. The predicted molar refractivity (Wildman–Crippen MR) is 64.1 cm³/mol. The zero-order valence-electron chi connectivity index (χ0n) is 9.93. The van der Waals surface area contributed by atoms with Gasteiger partial charge in [0.15, 0.2) is 5.69 Å². The van der Waals surface area contributed by atoms with Crippen molar-refractivity contribution in [1.29, 1.82) is 0 Å². The van der Waals surface area contributed by atoms with Crippen molar-refractivity contribution < 1.29 is 19.4 Å². The molecule has 2 N–H and O–H groups in total. The van der Waals surface area contributed by atoms with Crippen molar-refractivity contribution in [3.63, 3.8) is 0 Å². The SMILES string of the molecule is COc1ccc(-c2nc[nH]c2C(=O)O)c(OC)c1. The van der Waals surface area contributed by atoms with Crippen LogP contribution in [0.3, 0.4) is 0 Å². The van der Waals surface area contributed by atoms with E-state index in [2.05, 4.69) is 9.97 Å². The fraction of sp³-hybridized carbons (Fsp3) is 0.167. The highest BCUT2D eigenvalue weighted by Crippen LogP contribution is 2.33. The zero-order valence-corrected chi connectivity index (χ0v) is 9.93. The lowest BCUT2D eigenvalue weighted by Crippen LogP contribution is -2.00. The largest absolute Gasteiger partial charge is 0.497 e. The molecule has 0 bridgehead atoms. The molecule has 0 unspecified atom stereocenters. The molecule has 0 radical (unpaired) electrons. The Balaban J connectivity index is 2.56. The van der Waals surface area contributed by atoms with Gasteiger partial charge in [-0.1, -0.05) is 0 Å². The summed E-state index contributed by atoms with van der Waals surface area (Å²) in [5, 5.41) is 9.04. The number of carboxylic acids is 1. The minimum Gasteiger partial charge on any atom is -0.497 e. The number of H-pyrrole nitrogens is 1. The lowest BCUT2D eigenvalue weighted by atomic mass is 10.1. The van der Waals surface area contributed by atoms with E-state index in [0.29, 0.717) is 22.8 Å². The van der Waals surface area contributed by atoms with Crippen LogP contribution in [0.25, 0.3) is 11.3 Å². The number of carboxylic acid groups (broad SMARTS) is 1. The Bertz CT molecular complexity index is 577. The number of imidazole rings is 1. The second kappa shape index (κ2) is 4.79. The number of benzene rings is 1. The molecule has 94 valence electrons. The molecule has 0 atom stereocenters. The second-order valence-electron chi connectivity index (χ2n) is 3.50. The van der Waals surface area contributed by atoms with Crippen LogP contribution in [0, 0.1) is 0 Å². The lowest BCUT2D eigenvalue weighted by molar-refractivity contribution is 0.0692. The van der Waals surface area contributed by atoms with Crippen molar-refractivity contribution in [2.45, 2.75) is 0 Å². The van der Waals surface area contributed by atoms with Crippen LogP contribution in [0.5, 0.6) is 11.5 Å². The Morgan fingerprint density at radius 2 is 2.11 bits per heavy atom. The highest BCUT2D eigenvalue weighted by Gasteiger charge is 2.18. The van der Waals surface area contributed by atoms with Gasteiger partial charge in [0.25, 0.3) is 0 Å². The number of aromatic amines is 1. The number of ether oxygens (including phenoxy) is 2. The first-order valence-electron chi connectivity index (χ1n) is 5.16. The number of nitrogens with one attached hydrogen (secondary N) is 1. The molecule has 6 heteroatoms. The van der Waals surface area contributed by atoms with E-state index in [1.165, 1.54) is 13.4 Å². The van der Waals surface area contributed by atoms with Crippen molar-refractivity contribution in [1.82, 2.24) is 9.97 Å². The van der Waals surface area contributed by atoms with Crippen LogP contribution in [0.15, 0.2) is 24.5 Å². The molecule has 1 aromatic carbocycles. The first-order chi connectivity index (χ1) is 8.67. The third-order valence-electron chi connectivity index (χ3n) is 2.52. The summed E-state index contributed by atoms with van der Waals surface area (Å²) in [5.74, 6) is 0.0623. The molecule has 0 aliphatic rings. The topological polar surface area (TPSA) is 84.4 Å². The Kier molecular flexibility index (Phi) is 3.18. The number of rotatable bonds is 4. The van der Waals surface area contributed by atoms with Gasteiger partial charge in [-0.2, -0.15) is 0 Å². The van der Waals surface area contributed by atoms with Gasteiger partial charge in [0.2, 0.25) is 0 Å². The molecule has 0 amide bonds. The van der Waals surface area contributed by atoms with Crippen LogP contribution >= 0.6 is 0 Å². The van der Waals surface area contributed by atoms with Crippen molar-refractivity contribution in [2.75, 3.05) is 14.2 Å². The number of aromatic nitrogens is 2. The average Bonchev–Trinajstić information content (AvgIpc) is 2.87. The van der Waals surface area contributed by atoms with Crippen molar-refractivity contribution >= 4 is 5.97 Å². The summed E-state index contributed by atoms with van der Waals surface area (Å²) in [4.78, 5) is 17.6. The van der Waals surface area contributed by atoms with E-state index in [1.807, 2.05) is 0 Å². The van der Waals surface area contributed by atoms with Gasteiger partial charge in [0.05, 0.1) is 20.5 Å². The van der Waals surface area contributed by atoms with Gasteiger partial charge in [0, 0.05) is 11.6 Å². The fourth-order valence-electron chi connectivity index (χ4n) is 1.66. The number of carbonyl (C=O) groups is 1. The van der Waals surface area contributed by atoms with E-state index in [1.54, 1.807) is 25.3 Å². The number of hydrogen-bond donors (Lipinski definition) is 2. The average molecular weight is 248 g/mol. The third kappa shape index (κ3) is 2.00. The Morgan fingerprint density at radius 3 is 2.72 bits per heavy atom. The maximum absolute atomic E-state index is 11.0. The van der Waals surface area contributed by atoms with Crippen molar-refractivity contribution in [3.8, 4) is 22.8 Å². The summed E-state index contributed by atoms with van der Waals surface area (Å²) in [7, 11) is 3.05. The van der Waals surface area contributed by atoms with Gasteiger partial charge in [-0.3, -0.25) is 0 Å². The van der Waals surface area contributed by atoms with Gasteiger partial charge in [-0.05, 0) is 12.1 Å². The number of aromatic carboxylic acids is 1. The normalized spacial score (nSPS) is 10.1. The second-order valence-corrected chi connectivity index (χ2v) is 3.50. The smallest absolute Gasteiger partial charge is 0.354 e. The summed E-state index contributed by atoms with van der Waals surface area (Å²) < 4.78 is 10.3. The Labute approximate surface area is 103 Å². The maximum atomic E-state index is 11.0. The lowest BCUT2D eigenvalue weighted by Gasteiger charge is -2.09. The summed E-state index contributed by atoms with van der Waals surface area (Å²) in [5.41, 5.74) is 0.956. The van der Waals surface area contributed by atoms with Gasteiger partial charge in [0.1, 0.15) is 17.2 Å². The van der Waals surface area contributed by atoms with E-state index in [-0.39, 0.29) is 5.69 Å². The first-order valence-corrected chi connectivity index (χ1v) is 5.16. The highest BCUT2D eigenvalue weighted by atomic mass is 16.5. The summed E-state index contributed by atoms with van der Waals surface area (Å²) in [6.45, 7) is 0. The van der Waals surface area contributed by atoms with Gasteiger partial charge < -0.3 is 19.6 Å². The molecule has 6 nitrogen and oxygen atoms in total. The molecule has 0 fully saturated rings. The fourth-order valence-corrected chi connectivity index (χ4v) is 1.66. The molecular formula is C12H12N2O4. The van der Waals surface area contributed by atoms with E-state index in [0.717, 1.165) is 0 Å². The Morgan fingerprint density at radius 1 is 1.33 bits per heavy atom. The monoisotopic (exact) mass is 248 g/mol. The number of hydrogen-bond acceptors (Lipinski definition) is 4. The summed E-state index contributed by atoms with van der Waals surface area (Å²) in [6.07, 6.45) is 1.34. The minimum atomic E-state index is -1.07. The highest BCUT2D eigenvalue weighted by molar-refractivity contribution is 5.93. The van der Waals surface area contributed by atoms with Crippen LogP contribution in [-0.2, 0) is 0 Å². The minimum absolute atomic E-state index is 0.0264. The molecule has 1 heterocycles. The summed E-state index contributed by atoms with van der Waals surface area (Å²) >= 11 is 0. The molecule has 0 spiro atoms. The van der Waals surface area contributed by atoms with Crippen molar-refractivity contribution in [3.05, 3.63) is 30.2 Å². The Hall–Kier alpha value is -2.50. The standard InChI is InChI=1S/C12H12N2O4/c1-17-7-3-4-8(9(5-7)18-2)10-11(12(15)16)14-6-13-10/h3-6H,1-2H3,(H,13,14)(H,15,16). The number of methoxy groups -OCH3 is 2. The van der Waals surface area contributed by atoms with Gasteiger partial charge >= 0.3 is 5.97 Å². The van der Waals surface area contributed by atoms with E-state index in [9.17, 15) is 4.79 Å². The molecule has 2 aromatic rings. The molecule has 18 heavy (non-hydrogen) atoms. The van der Waals surface area contributed by atoms with Crippen LogP contribution in [0.1, 0.15) is 10.5 Å². The molecule has 0 aliphatic carbocycles. The molecule has 0 saturated carbocycles. The molecule has 0 saturated heterocycles.